The lowest BCUT2D eigenvalue weighted by Crippen LogP contribution is -2.08. The summed E-state index contributed by atoms with van der Waals surface area (Å²) in [5.41, 5.74) is 6.75. The molecule has 0 fully saturated rings. The van der Waals surface area contributed by atoms with Crippen LogP contribution >= 0.6 is 0 Å². The summed E-state index contributed by atoms with van der Waals surface area (Å²) in [4.78, 5) is 0. The molecule has 4 heteroatoms. The van der Waals surface area contributed by atoms with Gasteiger partial charge in [0.15, 0.2) is 0 Å². The minimum atomic E-state index is -0.433. The first-order chi connectivity index (χ1) is 7.70. The minimum absolute atomic E-state index is 0.295. The first kappa shape index (κ1) is 10.8. The summed E-state index contributed by atoms with van der Waals surface area (Å²) in [7, 11) is 0. The average Bonchev–Trinajstić information content (AvgIpc) is 2.71. The molecular formula is C12H12F2N2. The van der Waals surface area contributed by atoms with Crippen molar-refractivity contribution in [2.24, 2.45) is 5.73 Å². The van der Waals surface area contributed by atoms with Crippen LogP contribution in [0.1, 0.15) is 11.3 Å². The van der Waals surface area contributed by atoms with Gasteiger partial charge in [-0.2, -0.15) is 0 Å². The van der Waals surface area contributed by atoms with E-state index >= 15 is 0 Å². The zero-order valence-electron chi connectivity index (χ0n) is 8.66. The van der Waals surface area contributed by atoms with Crippen LogP contribution in [0.4, 0.5) is 8.78 Å². The molecule has 0 unspecified atom stereocenters. The molecule has 0 spiro atoms. The second-order valence-corrected chi connectivity index (χ2v) is 3.57. The van der Waals surface area contributed by atoms with Gasteiger partial charge in [-0.25, -0.2) is 8.78 Å². The first-order valence-corrected chi connectivity index (χ1v) is 4.98. The third kappa shape index (κ3) is 2.12. The van der Waals surface area contributed by atoms with Crippen molar-refractivity contribution in [1.29, 1.82) is 0 Å². The summed E-state index contributed by atoms with van der Waals surface area (Å²) in [5.74, 6) is -0.837. The predicted octanol–water partition coefficient (Wildman–Crippen LogP) is 2.27. The SMILES string of the molecule is NCc1cccn1Cc1cc(F)ccc1F. The molecule has 2 aromatic rings. The number of rotatable bonds is 3. The van der Waals surface area contributed by atoms with Crippen LogP contribution in [0.25, 0.3) is 0 Å². The highest BCUT2D eigenvalue weighted by molar-refractivity contribution is 5.20. The van der Waals surface area contributed by atoms with Gasteiger partial charge in [0.1, 0.15) is 11.6 Å². The topological polar surface area (TPSA) is 30.9 Å². The molecule has 1 aromatic heterocycles. The molecule has 0 aliphatic carbocycles. The van der Waals surface area contributed by atoms with E-state index in [0.29, 0.717) is 18.7 Å². The zero-order chi connectivity index (χ0) is 11.5. The average molecular weight is 222 g/mol. The Hall–Kier alpha value is -1.68. The highest BCUT2D eigenvalue weighted by atomic mass is 19.1. The van der Waals surface area contributed by atoms with E-state index in [1.165, 1.54) is 6.07 Å². The molecule has 2 nitrogen and oxygen atoms in total. The van der Waals surface area contributed by atoms with Crippen LogP contribution in [0.15, 0.2) is 36.5 Å². The van der Waals surface area contributed by atoms with Crippen molar-refractivity contribution in [3.8, 4) is 0 Å². The largest absolute Gasteiger partial charge is 0.346 e. The summed E-state index contributed by atoms with van der Waals surface area (Å²) < 4.78 is 28.1. The first-order valence-electron chi connectivity index (χ1n) is 4.98. The molecule has 1 heterocycles. The summed E-state index contributed by atoms with van der Waals surface area (Å²) >= 11 is 0. The lowest BCUT2D eigenvalue weighted by molar-refractivity contribution is 0.574. The molecule has 1 aromatic carbocycles. The van der Waals surface area contributed by atoms with Crippen molar-refractivity contribution >= 4 is 0 Å². The van der Waals surface area contributed by atoms with Crippen LogP contribution < -0.4 is 5.73 Å². The van der Waals surface area contributed by atoms with E-state index in [0.717, 1.165) is 17.8 Å². The lowest BCUT2D eigenvalue weighted by atomic mass is 10.2. The maximum atomic E-state index is 13.4. The Morgan fingerprint density at radius 2 is 2.00 bits per heavy atom. The molecule has 0 radical (unpaired) electrons. The Balaban J connectivity index is 2.30. The van der Waals surface area contributed by atoms with Crippen LogP contribution in [-0.4, -0.2) is 4.57 Å². The molecule has 0 bridgehead atoms. The number of hydrogen-bond acceptors (Lipinski definition) is 1. The number of halogens is 2. The van der Waals surface area contributed by atoms with Gasteiger partial charge in [-0.1, -0.05) is 0 Å². The van der Waals surface area contributed by atoms with Crippen LogP contribution in [0.2, 0.25) is 0 Å². The summed E-state index contributed by atoms with van der Waals surface area (Å²) in [5, 5.41) is 0. The Bertz CT molecular complexity index is 492. The monoisotopic (exact) mass is 222 g/mol. The van der Waals surface area contributed by atoms with Gasteiger partial charge in [0.05, 0.1) is 6.54 Å². The molecule has 16 heavy (non-hydrogen) atoms. The zero-order valence-corrected chi connectivity index (χ0v) is 8.66. The van der Waals surface area contributed by atoms with Gasteiger partial charge in [0.25, 0.3) is 0 Å². The lowest BCUT2D eigenvalue weighted by Gasteiger charge is -2.08. The fourth-order valence-corrected chi connectivity index (χ4v) is 1.64. The molecule has 84 valence electrons. The van der Waals surface area contributed by atoms with Crippen LogP contribution in [0.3, 0.4) is 0 Å². The fourth-order valence-electron chi connectivity index (χ4n) is 1.64. The van der Waals surface area contributed by atoms with Crippen LogP contribution in [-0.2, 0) is 13.1 Å². The standard InChI is InChI=1S/C12H12F2N2/c13-10-3-4-12(14)9(6-10)8-16-5-1-2-11(16)7-15/h1-6H,7-8,15H2. The molecule has 0 saturated carbocycles. The maximum Gasteiger partial charge on any atom is 0.128 e. The van der Waals surface area contributed by atoms with Crippen molar-refractivity contribution in [1.82, 2.24) is 4.57 Å². The van der Waals surface area contributed by atoms with Gasteiger partial charge in [-0.05, 0) is 30.3 Å². The second-order valence-electron chi connectivity index (χ2n) is 3.57. The summed E-state index contributed by atoms with van der Waals surface area (Å²) in [6, 6.07) is 7.14. The van der Waals surface area contributed by atoms with Gasteiger partial charge in [0.2, 0.25) is 0 Å². The van der Waals surface area contributed by atoms with Crippen molar-refractivity contribution in [2.75, 3.05) is 0 Å². The Morgan fingerprint density at radius 1 is 1.19 bits per heavy atom. The molecule has 2 N–H and O–H groups in total. The van der Waals surface area contributed by atoms with Crippen LogP contribution in [0.5, 0.6) is 0 Å². The smallest absolute Gasteiger partial charge is 0.128 e. The minimum Gasteiger partial charge on any atom is -0.346 e. The molecule has 0 amide bonds. The Kier molecular flexibility index (Phi) is 3.01. The molecule has 0 atom stereocenters. The number of hydrogen-bond donors (Lipinski definition) is 1. The van der Waals surface area contributed by atoms with E-state index in [2.05, 4.69) is 0 Å². The van der Waals surface area contributed by atoms with Gasteiger partial charge >= 0.3 is 0 Å². The molecular weight excluding hydrogens is 210 g/mol. The Morgan fingerprint density at radius 3 is 2.75 bits per heavy atom. The van der Waals surface area contributed by atoms with E-state index in [-0.39, 0.29) is 0 Å². The highest BCUT2D eigenvalue weighted by Crippen LogP contribution is 2.13. The fraction of sp³-hybridized carbons (Fsp3) is 0.167. The highest BCUT2D eigenvalue weighted by Gasteiger charge is 2.06. The number of benzene rings is 1. The van der Waals surface area contributed by atoms with E-state index in [1.54, 1.807) is 10.8 Å². The van der Waals surface area contributed by atoms with Gasteiger partial charge in [-0.15, -0.1) is 0 Å². The molecule has 2 rings (SSSR count). The predicted molar refractivity (Wildman–Crippen MR) is 57.8 cm³/mol. The quantitative estimate of drug-likeness (QED) is 0.848. The van der Waals surface area contributed by atoms with E-state index < -0.39 is 11.6 Å². The third-order valence-corrected chi connectivity index (χ3v) is 2.48. The Labute approximate surface area is 92.3 Å². The van der Waals surface area contributed by atoms with Crippen molar-refractivity contribution in [2.45, 2.75) is 13.1 Å². The van der Waals surface area contributed by atoms with Gasteiger partial charge in [-0.3, -0.25) is 0 Å². The molecule has 0 aliphatic heterocycles. The third-order valence-electron chi connectivity index (χ3n) is 2.48. The summed E-state index contributed by atoms with van der Waals surface area (Å²) in [6.07, 6.45) is 1.80. The van der Waals surface area contributed by atoms with E-state index in [4.69, 9.17) is 5.73 Å². The number of nitrogens with zero attached hydrogens (tertiary/aromatic N) is 1. The van der Waals surface area contributed by atoms with Crippen molar-refractivity contribution < 1.29 is 8.78 Å². The maximum absolute atomic E-state index is 13.4. The summed E-state index contributed by atoms with van der Waals surface area (Å²) in [6.45, 7) is 0.674. The molecule has 0 aliphatic rings. The van der Waals surface area contributed by atoms with Crippen molar-refractivity contribution in [3.63, 3.8) is 0 Å². The van der Waals surface area contributed by atoms with Gasteiger partial charge < -0.3 is 10.3 Å². The van der Waals surface area contributed by atoms with Crippen LogP contribution in [0, 0.1) is 11.6 Å². The molecule has 0 saturated heterocycles. The van der Waals surface area contributed by atoms with Gasteiger partial charge in [0, 0.05) is 24.0 Å². The normalized spacial score (nSPS) is 10.7. The number of aromatic nitrogens is 1. The second kappa shape index (κ2) is 4.45. The van der Waals surface area contributed by atoms with E-state index in [1.807, 2.05) is 12.1 Å². The van der Waals surface area contributed by atoms with Crippen molar-refractivity contribution in [3.05, 3.63) is 59.4 Å². The van der Waals surface area contributed by atoms with E-state index in [9.17, 15) is 8.78 Å². The number of nitrogens with two attached hydrogens (primary N) is 1.